The van der Waals surface area contributed by atoms with E-state index in [0.29, 0.717) is 18.0 Å². The molecule has 0 amide bonds. The van der Waals surface area contributed by atoms with Crippen molar-refractivity contribution in [2.24, 2.45) is 5.92 Å². The van der Waals surface area contributed by atoms with Crippen LogP contribution in [-0.4, -0.2) is 35.1 Å². The molecule has 2 N–H and O–H groups in total. The minimum absolute atomic E-state index is 0.0745. The summed E-state index contributed by atoms with van der Waals surface area (Å²) in [7, 11) is -4.36. The summed E-state index contributed by atoms with van der Waals surface area (Å²) in [5.74, 6) is -4.55. The second kappa shape index (κ2) is 8.75. The van der Waals surface area contributed by atoms with Gasteiger partial charge in [0.1, 0.15) is 11.3 Å². The summed E-state index contributed by atoms with van der Waals surface area (Å²) in [6.07, 6.45) is 5.03. The van der Waals surface area contributed by atoms with Crippen LogP contribution in [0.2, 0.25) is 5.02 Å². The van der Waals surface area contributed by atoms with Crippen molar-refractivity contribution in [3.05, 3.63) is 74.7 Å². The van der Waals surface area contributed by atoms with E-state index in [1.54, 1.807) is 19.2 Å². The number of rotatable bonds is 6. The number of nitrogens with zero attached hydrogens (tertiary/aromatic N) is 2. The first-order chi connectivity index (χ1) is 15.9. The molecule has 12 heteroatoms. The van der Waals surface area contributed by atoms with E-state index >= 15 is 0 Å². The van der Waals surface area contributed by atoms with Crippen molar-refractivity contribution in [2.75, 3.05) is 4.72 Å². The van der Waals surface area contributed by atoms with E-state index in [2.05, 4.69) is 19.7 Å². The molecule has 0 saturated carbocycles. The lowest BCUT2D eigenvalue weighted by atomic mass is 9.94. The largest absolute Gasteiger partial charge is 0.346 e. The normalized spacial score (nSPS) is 17.1. The van der Waals surface area contributed by atoms with E-state index in [9.17, 15) is 22.0 Å². The average Bonchev–Trinajstić information content (AvgIpc) is 3.23. The highest BCUT2D eigenvalue weighted by atomic mass is 35.5. The van der Waals surface area contributed by atoms with Crippen molar-refractivity contribution in [1.82, 2.24) is 15.0 Å². The monoisotopic (exact) mass is 526 g/mol. The van der Waals surface area contributed by atoms with Gasteiger partial charge in [-0.25, -0.2) is 27.2 Å². The number of ketones is 1. The Morgan fingerprint density at radius 2 is 2.00 bits per heavy atom. The number of sulfonamides is 1. The van der Waals surface area contributed by atoms with Crippen molar-refractivity contribution in [3.8, 4) is 0 Å². The molecule has 3 aromatic heterocycles. The molecule has 0 spiro atoms. The van der Waals surface area contributed by atoms with Crippen LogP contribution in [0.3, 0.4) is 0 Å². The van der Waals surface area contributed by atoms with E-state index in [-0.39, 0.29) is 38.3 Å². The van der Waals surface area contributed by atoms with Gasteiger partial charge in [0.2, 0.25) is 5.78 Å². The molecule has 1 unspecified atom stereocenters. The Balaban J connectivity index is 1.76. The van der Waals surface area contributed by atoms with Gasteiger partial charge >= 0.3 is 0 Å². The van der Waals surface area contributed by atoms with Crippen molar-refractivity contribution in [2.45, 2.75) is 26.2 Å². The lowest BCUT2D eigenvalue weighted by Crippen LogP contribution is -2.25. The van der Waals surface area contributed by atoms with E-state index in [1.807, 2.05) is 0 Å². The SMILES string of the molecule is CC1CC(S(=O)(=O)Nc2cc(Cl)cnc2C(=O)c2ccnc3[nH]ccc23)=CC(C(C)(F)F)=C1Cl. The molecule has 0 saturated heterocycles. The Morgan fingerprint density at radius 1 is 1.26 bits per heavy atom. The highest BCUT2D eigenvalue weighted by molar-refractivity contribution is 7.96. The summed E-state index contributed by atoms with van der Waals surface area (Å²) in [6, 6.07) is 4.38. The summed E-state index contributed by atoms with van der Waals surface area (Å²) in [5.41, 5.74) is -0.243. The van der Waals surface area contributed by atoms with Gasteiger partial charge in [-0.2, -0.15) is 0 Å². The molecule has 34 heavy (non-hydrogen) atoms. The van der Waals surface area contributed by atoms with Crippen molar-refractivity contribution >= 4 is 55.7 Å². The molecule has 0 radical (unpaired) electrons. The van der Waals surface area contributed by atoms with E-state index < -0.39 is 33.2 Å². The fraction of sp³-hybridized carbons (Fsp3) is 0.227. The van der Waals surface area contributed by atoms with Gasteiger partial charge in [0.25, 0.3) is 15.9 Å². The van der Waals surface area contributed by atoms with Crippen LogP contribution in [-0.2, 0) is 10.0 Å². The molecule has 1 aliphatic rings. The predicted octanol–water partition coefficient (Wildman–Crippen LogP) is 5.66. The lowest BCUT2D eigenvalue weighted by molar-refractivity contribution is 0.0658. The van der Waals surface area contributed by atoms with Gasteiger partial charge in [0, 0.05) is 47.1 Å². The zero-order valence-electron chi connectivity index (χ0n) is 17.9. The summed E-state index contributed by atoms with van der Waals surface area (Å²) < 4.78 is 56.8. The van der Waals surface area contributed by atoms with Crippen LogP contribution >= 0.6 is 23.2 Å². The number of fused-ring (bicyclic) bond motifs is 1. The number of halogens is 4. The number of nitrogens with one attached hydrogen (secondary N) is 2. The lowest BCUT2D eigenvalue weighted by Gasteiger charge is -2.25. The van der Waals surface area contributed by atoms with Gasteiger partial charge in [-0.1, -0.05) is 30.1 Å². The van der Waals surface area contributed by atoms with Gasteiger partial charge in [0.05, 0.1) is 15.6 Å². The first-order valence-corrected chi connectivity index (χ1v) is 12.3. The van der Waals surface area contributed by atoms with Crippen LogP contribution in [0.15, 0.2) is 58.4 Å². The van der Waals surface area contributed by atoms with Crippen LogP contribution < -0.4 is 4.72 Å². The number of carbonyl (C=O) groups is 1. The number of aromatic amines is 1. The van der Waals surface area contributed by atoms with E-state index in [4.69, 9.17) is 23.2 Å². The smallest absolute Gasteiger partial charge is 0.271 e. The number of hydrogen-bond donors (Lipinski definition) is 2. The number of anilines is 1. The minimum atomic E-state index is -4.36. The van der Waals surface area contributed by atoms with Gasteiger partial charge < -0.3 is 4.98 Å². The van der Waals surface area contributed by atoms with E-state index in [1.165, 1.54) is 24.5 Å². The average molecular weight is 527 g/mol. The number of allylic oxidation sites excluding steroid dienone is 4. The van der Waals surface area contributed by atoms with Crippen LogP contribution in [0, 0.1) is 5.92 Å². The van der Waals surface area contributed by atoms with E-state index in [0.717, 1.165) is 6.08 Å². The fourth-order valence-electron chi connectivity index (χ4n) is 3.66. The Kier molecular flexibility index (Phi) is 6.26. The number of hydrogen-bond acceptors (Lipinski definition) is 5. The Morgan fingerprint density at radius 3 is 2.71 bits per heavy atom. The maximum absolute atomic E-state index is 14.0. The quantitative estimate of drug-likeness (QED) is 0.403. The molecule has 0 bridgehead atoms. The van der Waals surface area contributed by atoms with Crippen molar-refractivity contribution < 1.29 is 22.0 Å². The second-order valence-electron chi connectivity index (χ2n) is 7.95. The molecule has 178 valence electrons. The Bertz CT molecular complexity index is 1480. The Hall–Kier alpha value is -2.82. The highest BCUT2D eigenvalue weighted by Gasteiger charge is 2.36. The molecule has 0 aromatic carbocycles. The van der Waals surface area contributed by atoms with Gasteiger partial charge in [-0.15, -0.1) is 0 Å². The molecular weight excluding hydrogens is 509 g/mol. The Labute approximate surface area is 203 Å². The number of pyridine rings is 2. The first-order valence-electron chi connectivity index (χ1n) is 10.0. The molecule has 1 atom stereocenters. The number of H-pyrrole nitrogens is 1. The predicted molar refractivity (Wildman–Crippen MR) is 127 cm³/mol. The molecule has 0 aliphatic heterocycles. The molecular formula is C22H18Cl2F2N4O3S. The molecule has 7 nitrogen and oxygen atoms in total. The van der Waals surface area contributed by atoms with Gasteiger partial charge in [0.15, 0.2) is 0 Å². The third-order valence-corrected chi connectivity index (χ3v) is 7.59. The van der Waals surface area contributed by atoms with Gasteiger partial charge in [-0.05, 0) is 36.6 Å². The highest BCUT2D eigenvalue weighted by Crippen LogP contribution is 2.41. The standard InChI is InChI=1S/C22H18Cl2F2N4O3S/c1-11-7-13(9-16(18(11)24)22(2,25)26)34(32,33)30-17-8-12(23)10-29-19(17)20(31)14-3-5-27-21-15(14)4-6-28-21/h3-6,8-11,30H,7H2,1-2H3,(H,27,28). The topological polar surface area (TPSA) is 105 Å². The minimum Gasteiger partial charge on any atom is -0.346 e. The molecule has 3 aromatic rings. The number of carbonyl (C=O) groups excluding carboxylic acids is 1. The third kappa shape index (κ3) is 4.57. The summed E-state index contributed by atoms with van der Waals surface area (Å²) in [5, 5.41) is 0.502. The molecule has 0 fully saturated rings. The third-order valence-electron chi connectivity index (χ3n) is 5.34. The van der Waals surface area contributed by atoms with Crippen LogP contribution in [0.4, 0.5) is 14.5 Å². The second-order valence-corrected chi connectivity index (χ2v) is 10.5. The summed E-state index contributed by atoms with van der Waals surface area (Å²) in [6.45, 7) is 2.20. The summed E-state index contributed by atoms with van der Waals surface area (Å²) >= 11 is 12.1. The fourth-order valence-corrected chi connectivity index (χ4v) is 5.44. The molecule has 1 aliphatic carbocycles. The molecule has 4 rings (SSSR count). The zero-order chi connectivity index (χ0) is 24.8. The van der Waals surface area contributed by atoms with Crippen molar-refractivity contribution in [1.29, 1.82) is 0 Å². The molecule has 3 heterocycles. The van der Waals surface area contributed by atoms with Crippen LogP contribution in [0.1, 0.15) is 36.3 Å². The summed E-state index contributed by atoms with van der Waals surface area (Å²) in [4.78, 5) is 24.1. The maximum atomic E-state index is 14.0. The number of alkyl halides is 2. The maximum Gasteiger partial charge on any atom is 0.271 e. The van der Waals surface area contributed by atoms with Crippen LogP contribution in [0.25, 0.3) is 11.0 Å². The van der Waals surface area contributed by atoms with Gasteiger partial charge in [-0.3, -0.25) is 9.52 Å². The first kappa shape index (κ1) is 24.3. The van der Waals surface area contributed by atoms with Crippen LogP contribution in [0.5, 0.6) is 0 Å². The zero-order valence-corrected chi connectivity index (χ0v) is 20.2. The van der Waals surface area contributed by atoms with Crippen molar-refractivity contribution in [3.63, 3.8) is 0 Å². The number of aromatic nitrogens is 3.